The summed E-state index contributed by atoms with van der Waals surface area (Å²) in [4.78, 5) is 6.57. The van der Waals surface area contributed by atoms with E-state index in [2.05, 4.69) is 23.7 Å². The highest BCUT2D eigenvalue weighted by molar-refractivity contribution is 5.08. The number of nitrogens with zero attached hydrogens (tertiary/aromatic N) is 2. The average molecular weight is 290 g/mol. The van der Waals surface area contributed by atoms with Gasteiger partial charge >= 0.3 is 0 Å². The Bertz CT molecular complexity index is 441. The van der Waals surface area contributed by atoms with Gasteiger partial charge in [-0.2, -0.15) is 0 Å². The molecule has 3 rings (SSSR count). The number of likely N-dealkylation sites (tertiary alicyclic amines) is 1. The van der Waals surface area contributed by atoms with E-state index in [4.69, 9.17) is 9.47 Å². The molecule has 1 spiro atoms. The molecule has 2 saturated heterocycles. The van der Waals surface area contributed by atoms with Crippen molar-refractivity contribution in [1.82, 2.24) is 9.88 Å². The third-order valence-corrected chi connectivity index (χ3v) is 4.85. The first-order chi connectivity index (χ1) is 10.2. The molecule has 1 unspecified atom stereocenters. The van der Waals surface area contributed by atoms with Crippen LogP contribution in [0.4, 0.5) is 0 Å². The van der Waals surface area contributed by atoms with E-state index in [9.17, 15) is 0 Å². The molecule has 1 atom stereocenters. The van der Waals surface area contributed by atoms with Crippen molar-refractivity contribution < 1.29 is 9.47 Å². The van der Waals surface area contributed by atoms with E-state index in [1.807, 2.05) is 24.5 Å². The number of ether oxygens (including phenoxy) is 2. The molecular formula is C17H26N2O2. The molecule has 0 N–H and O–H groups in total. The number of rotatable bonds is 4. The highest BCUT2D eigenvalue weighted by Crippen LogP contribution is 2.37. The Kier molecular flexibility index (Phi) is 4.57. The molecule has 0 bridgehead atoms. The molecule has 4 heteroatoms. The summed E-state index contributed by atoms with van der Waals surface area (Å²) in [6.45, 7) is 8.24. The van der Waals surface area contributed by atoms with E-state index in [0.29, 0.717) is 12.6 Å². The lowest BCUT2D eigenvalue weighted by molar-refractivity contribution is -0.0501. The summed E-state index contributed by atoms with van der Waals surface area (Å²) in [5.74, 6) is 0. The maximum Gasteiger partial charge on any atom is 0.0840 e. The van der Waals surface area contributed by atoms with Gasteiger partial charge in [-0.25, -0.2) is 0 Å². The second-order valence-electron chi connectivity index (χ2n) is 6.62. The third kappa shape index (κ3) is 3.62. The molecule has 0 amide bonds. The molecule has 21 heavy (non-hydrogen) atoms. The third-order valence-electron chi connectivity index (χ3n) is 4.85. The van der Waals surface area contributed by atoms with Crippen LogP contribution in [0.15, 0.2) is 24.5 Å². The Hall–Kier alpha value is -0.970. The number of hydrogen-bond donors (Lipinski definition) is 0. The van der Waals surface area contributed by atoms with Crippen LogP contribution in [0.25, 0.3) is 0 Å². The first kappa shape index (κ1) is 14.9. The van der Waals surface area contributed by atoms with Crippen LogP contribution >= 0.6 is 0 Å². The van der Waals surface area contributed by atoms with Gasteiger partial charge in [0.15, 0.2) is 0 Å². The first-order valence-electron chi connectivity index (χ1n) is 8.05. The molecule has 1 aromatic rings. The predicted molar refractivity (Wildman–Crippen MR) is 82.1 cm³/mol. The van der Waals surface area contributed by atoms with Crippen molar-refractivity contribution in [3.63, 3.8) is 0 Å². The second kappa shape index (κ2) is 6.42. The fourth-order valence-corrected chi connectivity index (χ4v) is 3.40. The van der Waals surface area contributed by atoms with Gasteiger partial charge in [0, 0.05) is 37.9 Å². The van der Waals surface area contributed by atoms with Crippen LogP contribution in [-0.4, -0.2) is 47.3 Å². The molecular weight excluding hydrogens is 264 g/mol. The summed E-state index contributed by atoms with van der Waals surface area (Å²) in [6, 6.07) is 4.65. The van der Waals surface area contributed by atoms with E-state index in [1.54, 1.807) is 0 Å². The number of piperidine rings is 1. The monoisotopic (exact) mass is 290 g/mol. The Labute approximate surface area is 127 Å². The smallest absolute Gasteiger partial charge is 0.0840 e. The van der Waals surface area contributed by atoms with Gasteiger partial charge in [0.2, 0.25) is 0 Å². The van der Waals surface area contributed by atoms with E-state index in [1.165, 1.54) is 5.56 Å². The minimum Gasteiger partial charge on any atom is -0.372 e. The predicted octanol–water partition coefficient (Wildman–Crippen LogP) is 2.63. The molecule has 4 nitrogen and oxygen atoms in total. The molecule has 3 heterocycles. The Balaban J connectivity index is 1.47. The van der Waals surface area contributed by atoms with Gasteiger partial charge in [0.05, 0.1) is 24.9 Å². The molecule has 0 aromatic carbocycles. The lowest BCUT2D eigenvalue weighted by Crippen LogP contribution is -2.46. The largest absolute Gasteiger partial charge is 0.372 e. The maximum atomic E-state index is 6.15. The van der Waals surface area contributed by atoms with Crippen molar-refractivity contribution >= 4 is 0 Å². The lowest BCUT2D eigenvalue weighted by Gasteiger charge is -2.40. The van der Waals surface area contributed by atoms with Crippen LogP contribution in [0.2, 0.25) is 0 Å². The zero-order valence-corrected chi connectivity index (χ0v) is 13.1. The average Bonchev–Trinajstić information content (AvgIpc) is 2.90. The second-order valence-corrected chi connectivity index (χ2v) is 6.62. The molecule has 2 fully saturated rings. The molecule has 2 aliphatic heterocycles. The van der Waals surface area contributed by atoms with Gasteiger partial charge in [-0.05, 0) is 44.4 Å². The van der Waals surface area contributed by atoms with E-state index in [-0.39, 0.29) is 11.7 Å². The molecule has 0 radical (unpaired) electrons. The maximum absolute atomic E-state index is 6.15. The van der Waals surface area contributed by atoms with Crippen molar-refractivity contribution in [2.24, 2.45) is 0 Å². The molecule has 1 aromatic heterocycles. The summed E-state index contributed by atoms with van der Waals surface area (Å²) in [5, 5.41) is 0. The van der Waals surface area contributed by atoms with E-state index < -0.39 is 0 Å². The minimum absolute atomic E-state index is 0.0777. The fourth-order valence-electron chi connectivity index (χ4n) is 3.40. The van der Waals surface area contributed by atoms with Crippen molar-refractivity contribution in [2.45, 2.75) is 57.5 Å². The SMILES string of the molecule is CC(C)N1CCC2(CC1)CC(OCc1ccncc1)CO2. The van der Waals surface area contributed by atoms with Crippen LogP contribution < -0.4 is 0 Å². The zero-order chi connectivity index (χ0) is 14.7. The summed E-state index contributed by atoms with van der Waals surface area (Å²) in [5.41, 5.74) is 1.26. The Morgan fingerprint density at radius 1 is 1.33 bits per heavy atom. The van der Waals surface area contributed by atoms with Gasteiger partial charge in [-0.15, -0.1) is 0 Å². The molecule has 0 aliphatic carbocycles. The van der Waals surface area contributed by atoms with Crippen LogP contribution in [-0.2, 0) is 16.1 Å². The lowest BCUT2D eigenvalue weighted by atomic mass is 9.87. The van der Waals surface area contributed by atoms with Crippen molar-refractivity contribution in [3.05, 3.63) is 30.1 Å². The molecule has 0 saturated carbocycles. The van der Waals surface area contributed by atoms with E-state index in [0.717, 1.165) is 39.0 Å². The molecule has 116 valence electrons. The summed E-state index contributed by atoms with van der Waals surface area (Å²) < 4.78 is 12.2. The van der Waals surface area contributed by atoms with Gasteiger partial charge in [0.25, 0.3) is 0 Å². The van der Waals surface area contributed by atoms with Crippen LogP contribution in [0.5, 0.6) is 0 Å². The highest BCUT2D eigenvalue weighted by atomic mass is 16.6. The van der Waals surface area contributed by atoms with Crippen molar-refractivity contribution in [1.29, 1.82) is 0 Å². The van der Waals surface area contributed by atoms with Crippen molar-refractivity contribution in [2.75, 3.05) is 19.7 Å². The van der Waals surface area contributed by atoms with Crippen molar-refractivity contribution in [3.8, 4) is 0 Å². The normalized spacial score (nSPS) is 25.8. The Morgan fingerprint density at radius 2 is 2.05 bits per heavy atom. The van der Waals surface area contributed by atoms with Crippen LogP contribution in [0, 0.1) is 0 Å². The van der Waals surface area contributed by atoms with E-state index >= 15 is 0 Å². The summed E-state index contributed by atoms with van der Waals surface area (Å²) in [7, 11) is 0. The minimum atomic E-state index is 0.0777. The quantitative estimate of drug-likeness (QED) is 0.854. The van der Waals surface area contributed by atoms with Crippen LogP contribution in [0.1, 0.15) is 38.7 Å². The van der Waals surface area contributed by atoms with Crippen LogP contribution in [0.3, 0.4) is 0 Å². The topological polar surface area (TPSA) is 34.6 Å². The zero-order valence-electron chi connectivity index (χ0n) is 13.1. The highest BCUT2D eigenvalue weighted by Gasteiger charge is 2.43. The summed E-state index contributed by atoms with van der Waals surface area (Å²) >= 11 is 0. The Morgan fingerprint density at radius 3 is 2.71 bits per heavy atom. The summed E-state index contributed by atoms with van der Waals surface area (Å²) in [6.07, 6.45) is 7.19. The standard InChI is InChI=1S/C17H26N2O2/c1-14(2)19-9-5-17(6-10-19)11-16(13-21-17)20-12-15-3-7-18-8-4-15/h3-4,7-8,14,16H,5-6,9-13H2,1-2H3. The van der Waals surface area contributed by atoms with Gasteiger partial charge in [-0.1, -0.05) is 0 Å². The molecule has 2 aliphatic rings. The fraction of sp³-hybridized carbons (Fsp3) is 0.706. The van der Waals surface area contributed by atoms with Gasteiger partial charge in [-0.3, -0.25) is 4.98 Å². The van der Waals surface area contributed by atoms with Gasteiger partial charge < -0.3 is 14.4 Å². The number of aromatic nitrogens is 1. The first-order valence-corrected chi connectivity index (χ1v) is 8.05. The number of pyridine rings is 1. The number of hydrogen-bond acceptors (Lipinski definition) is 4. The van der Waals surface area contributed by atoms with Gasteiger partial charge in [0.1, 0.15) is 0 Å².